The van der Waals surface area contributed by atoms with Crippen LogP contribution in [-0.4, -0.2) is 50.8 Å². The van der Waals surface area contributed by atoms with E-state index < -0.39 is 15.9 Å². The molecule has 0 unspecified atom stereocenters. The SMILES string of the molecule is CCN(CC)S(=O)(=O)c1ccc(N(C)C)c(NC(=O)c2ncc(Cl)c(Cl)c2Cl)c1. The molecule has 1 N–H and O–H groups in total. The summed E-state index contributed by atoms with van der Waals surface area (Å²) >= 11 is 17.9. The van der Waals surface area contributed by atoms with E-state index >= 15 is 0 Å². The number of amides is 1. The van der Waals surface area contributed by atoms with Gasteiger partial charge in [-0.2, -0.15) is 4.31 Å². The van der Waals surface area contributed by atoms with Crippen LogP contribution >= 0.6 is 34.8 Å². The summed E-state index contributed by atoms with van der Waals surface area (Å²) in [6, 6.07) is 4.53. The Bertz CT molecular complexity index is 1030. The summed E-state index contributed by atoms with van der Waals surface area (Å²) in [5, 5.41) is 2.72. The predicted octanol–water partition coefficient (Wildman–Crippen LogP) is 4.39. The first-order valence-corrected chi connectivity index (χ1v) is 11.2. The van der Waals surface area contributed by atoms with Crippen molar-refractivity contribution in [1.82, 2.24) is 9.29 Å². The van der Waals surface area contributed by atoms with Crippen molar-refractivity contribution in [1.29, 1.82) is 0 Å². The molecule has 0 radical (unpaired) electrons. The lowest BCUT2D eigenvalue weighted by Crippen LogP contribution is -2.30. The Hall–Kier alpha value is -1.58. The third kappa shape index (κ3) is 4.95. The molecule has 0 bridgehead atoms. The number of anilines is 2. The second kappa shape index (κ2) is 9.49. The van der Waals surface area contributed by atoms with Crippen LogP contribution in [0, 0.1) is 0 Å². The fourth-order valence-corrected chi connectivity index (χ4v) is 4.71. The number of carbonyl (C=O) groups excluding carboxylic acids is 1. The van der Waals surface area contributed by atoms with E-state index in [-0.39, 0.29) is 31.3 Å². The molecule has 1 heterocycles. The number of pyridine rings is 1. The van der Waals surface area contributed by atoms with Gasteiger partial charge in [-0.3, -0.25) is 4.79 Å². The van der Waals surface area contributed by atoms with Gasteiger partial charge in [-0.05, 0) is 18.2 Å². The van der Waals surface area contributed by atoms with Gasteiger partial charge in [0.1, 0.15) is 5.69 Å². The van der Waals surface area contributed by atoms with Gasteiger partial charge in [0.2, 0.25) is 10.0 Å². The van der Waals surface area contributed by atoms with Gasteiger partial charge in [-0.1, -0.05) is 48.7 Å². The normalized spacial score (nSPS) is 11.6. The number of rotatable bonds is 7. The highest BCUT2D eigenvalue weighted by Crippen LogP contribution is 2.33. The van der Waals surface area contributed by atoms with E-state index in [4.69, 9.17) is 34.8 Å². The van der Waals surface area contributed by atoms with Crippen molar-refractivity contribution in [3.8, 4) is 0 Å². The fourth-order valence-electron chi connectivity index (χ4n) is 2.66. The van der Waals surface area contributed by atoms with E-state index in [9.17, 15) is 13.2 Å². The highest BCUT2D eigenvalue weighted by molar-refractivity contribution is 7.89. The molecule has 0 aliphatic carbocycles. The van der Waals surface area contributed by atoms with Crippen LogP contribution in [0.1, 0.15) is 24.3 Å². The summed E-state index contributed by atoms with van der Waals surface area (Å²) in [7, 11) is -0.160. The Morgan fingerprint density at radius 2 is 1.72 bits per heavy atom. The molecule has 0 fully saturated rings. The molecule has 2 rings (SSSR count). The lowest BCUT2D eigenvalue weighted by atomic mass is 10.2. The molecule has 1 amide bonds. The fraction of sp³-hybridized carbons (Fsp3) is 0.333. The average molecular weight is 480 g/mol. The standard InChI is InChI=1S/C18H21Cl3N4O3S/c1-5-25(6-2)29(27,28)11-7-8-14(24(3)4)13(9-11)23-18(26)17-16(21)15(20)12(19)10-22-17/h7-10H,5-6H2,1-4H3,(H,23,26). The number of nitrogens with zero attached hydrogens (tertiary/aromatic N) is 3. The zero-order valence-electron chi connectivity index (χ0n) is 16.3. The number of sulfonamides is 1. The molecular formula is C18H21Cl3N4O3S. The Morgan fingerprint density at radius 3 is 2.28 bits per heavy atom. The number of carbonyl (C=O) groups is 1. The van der Waals surface area contributed by atoms with E-state index in [0.29, 0.717) is 18.8 Å². The number of aromatic nitrogens is 1. The van der Waals surface area contributed by atoms with Crippen molar-refractivity contribution in [2.75, 3.05) is 37.4 Å². The van der Waals surface area contributed by atoms with Gasteiger partial charge in [-0.15, -0.1) is 0 Å². The Kier molecular flexibility index (Phi) is 7.75. The zero-order valence-corrected chi connectivity index (χ0v) is 19.4. The van der Waals surface area contributed by atoms with Gasteiger partial charge >= 0.3 is 0 Å². The molecule has 0 aliphatic heterocycles. The first-order chi connectivity index (χ1) is 13.5. The van der Waals surface area contributed by atoms with Crippen molar-refractivity contribution in [3.63, 3.8) is 0 Å². The molecule has 1 aromatic heterocycles. The molecule has 0 atom stereocenters. The summed E-state index contributed by atoms with van der Waals surface area (Å²) in [4.78, 5) is 18.5. The van der Waals surface area contributed by atoms with Crippen molar-refractivity contribution < 1.29 is 13.2 Å². The van der Waals surface area contributed by atoms with Crippen LogP contribution in [-0.2, 0) is 10.0 Å². The maximum absolute atomic E-state index is 12.9. The van der Waals surface area contributed by atoms with Crippen LogP contribution in [0.15, 0.2) is 29.3 Å². The Balaban J connectivity index is 2.51. The van der Waals surface area contributed by atoms with E-state index in [0.717, 1.165) is 0 Å². The minimum absolute atomic E-state index is 0.0131. The summed E-state index contributed by atoms with van der Waals surface area (Å²) in [5.74, 6) is -0.644. The van der Waals surface area contributed by atoms with Crippen LogP contribution in [0.5, 0.6) is 0 Å². The van der Waals surface area contributed by atoms with Crippen LogP contribution in [0.3, 0.4) is 0 Å². The molecule has 0 spiro atoms. The highest BCUT2D eigenvalue weighted by Gasteiger charge is 2.24. The molecule has 0 saturated heterocycles. The van der Waals surface area contributed by atoms with E-state index in [1.807, 2.05) is 0 Å². The number of benzene rings is 1. The Morgan fingerprint density at radius 1 is 1.10 bits per heavy atom. The van der Waals surface area contributed by atoms with Gasteiger partial charge in [0.05, 0.1) is 31.3 Å². The lowest BCUT2D eigenvalue weighted by molar-refractivity contribution is 0.102. The second-order valence-corrected chi connectivity index (χ2v) is 9.30. The maximum Gasteiger partial charge on any atom is 0.275 e. The first-order valence-electron chi connectivity index (χ1n) is 8.66. The zero-order chi connectivity index (χ0) is 21.9. The maximum atomic E-state index is 12.9. The van der Waals surface area contributed by atoms with E-state index in [1.54, 1.807) is 38.9 Å². The monoisotopic (exact) mass is 478 g/mol. The summed E-state index contributed by atoms with van der Waals surface area (Å²) in [6.07, 6.45) is 1.22. The van der Waals surface area contributed by atoms with Gasteiger partial charge in [0.15, 0.2) is 0 Å². The van der Waals surface area contributed by atoms with Gasteiger partial charge in [0.25, 0.3) is 5.91 Å². The molecule has 2 aromatic rings. The third-order valence-electron chi connectivity index (χ3n) is 4.17. The first kappa shape index (κ1) is 23.7. The Labute approximate surface area is 185 Å². The minimum atomic E-state index is -3.70. The van der Waals surface area contributed by atoms with Crippen molar-refractivity contribution in [2.24, 2.45) is 0 Å². The van der Waals surface area contributed by atoms with Crippen molar-refractivity contribution >= 4 is 62.1 Å². The number of nitrogens with one attached hydrogen (secondary N) is 1. The van der Waals surface area contributed by atoms with Crippen LogP contribution in [0.4, 0.5) is 11.4 Å². The number of hydrogen-bond acceptors (Lipinski definition) is 5. The largest absolute Gasteiger partial charge is 0.376 e. The summed E-state index contributed by atoms with van der Waals surface area (Å²) < 4.78 is 27.0. The highest BCUT2D eigenvalue weighted by atomic mass is 35.5. The van der Waals surface area contributed by atoms with Gasteiger partial charge in [-0.25, -0.2) is 13.4 Å². The quantitative estimate of drug-likeness (QED) is 0.637. The van der Waals surface area contributed by atoms with E-state index in [2.05, 4.69) is 10.3 Å². The lowest BCUT2D eigenvalue weighted by Gasteiger charge is -2.22. The van der Waals surface area contributed by atoms with Gasteiger partial charge in [0, 0.05) is 33.4 Å². The molecule has 1 aromatic carbocycles. The molecule has 0 saturated carbocycles. The molecule has 7 nitrogen and oxygen atoms in total. The van der Waals surface area contributed by atoms with Crippen LogP contribution < -0.4 is 10.2 Å². The topological polar surface area (TPSA) is 82.6 Å². The molecule has 11 heteroatoms. The smallest absolute Gasteiger partial charge is 0.275 e. The molecule has 0 aliphatic rings. The van der Waals surface area contributed by atoms with Crippen LogP contribution in [0.2, 0.25) is 15.1 Å². The molecule has 158 valence electrons. The third-order valence-corrected chi connectivity index (χ3v) is 7.46. The average Bonchev–Trinajstić information content (AvgIpc) is 2.66. The summed E-state index contributed by atoms with van der Waals surface area (Å²) in [6.45, 7) is 4.18. The van der Waals surface area contributed by atoms with Gasteiger partial charge < -0.3 is 10.2 Å². The second-order valence-electron chi connectivity index (χ2n) is 6.20. The minimum Gasteiger partial charge on any atom is -0.376 e. The van der Waals surface area contributed by atoms with E-state index in [1.165, 1.54) is 22.6 Å². The van der Waals surface area contributed by atoms with Crippen molar-refractivity contribution in [2.45, 2.75) is 18.7 Å². The molecular weight excluding hydrogens is 459 g/mol. The van der Waals surface area contributed by atoms with Crippen LogP contribution in [0.25, 0.3) is 0 Å². The summed E-state index contributed by atoms with van der Waals surface area (Å²) in [5.41, 5.74) is 0.771. The number of hydrogen-bond donors (Lipinski definition) is 1. The predicted molar refractivity (Wildman–Crippen MR) is 118 cm³/mol. The number of halogens is 3. The molecule has 29 heavy (non-hydrogen) atoms. The van der Waals surface area contributed by atoms with Crippen molar-refractivity contribution in [3.05, 3.63) is 45.2 Å².